The van der Waals surface area contributed by atoms with Crippen LogP contribution in [0.15, 0.2) is 37.2 Å². The molecule has 2 rings (SSSR count). The van der Waals surface area contributed by atoms with Crippen LogP contribution in [0, 0.1) is 0 Å². The van der Waals surface area contributed by atoms with Gasteiger partial charge in [0.25, 0.3) is 0 Å². The molecule has 0 bridgehead atoms. The average Bonchev–Trinajstić information content (AvgIpc) is 2.34. The van der Waals surface area contributed by atoms with Gasteiger partial charge in [-0.3, -0.25) is 19.9 Å². The second kappa shape index (κ2) is 4.49. The summed E-state index contributed by atoms with van der Waals surface area (Å²) in [6.45, 7) is 3.70. The van der Waals surface area contributed by atoms with E-state index in [-0.39, 0.29) is 11.8 Å². The van der Waals surface area contributed by atoms with Gasteiger partial charge < -0.3 is 0 Å². The van der Waals surface area contributed by atoms with Gasteiger partial charge in [0.05, 0.1) is 5.41 Å². The minimum atomic E-state index is -0.668. The van der Waals surface area contributed by atoms with E-state index in [0.717, 1.165) is 5.56 Å². The van der Waals surface area contributed by atoms with Crippen molar-refractivity contribution >= 4 is 11.8 Å². The number of imide groups is 1. The predicted octanol–water partition coefficient (Wildman–Crippen LogP) is 1.33. The van der Waals surface area contributed by atoms with Crippen molar-refractivity contribution in [1.29, 1.82) is 0 Å². The third-order valence-electron chi connectivity index (χ3n) is 3.19. The Morgan fingerprint density at radius 3 is 2.71 bits per heavy atom. The van der Waals surface area contributed by atoms with Gasteiger partial charge in [-0.05, 0) is 30.5 Å². The molecule has 17 heavy (non-hydrogen) atoms. The van der Waals surface area contributed by atoms with Gasteiger partial charge in [0.15, 0.2) is 0 Å². The fourth-order valence-electron chi connectivity index (χ4n) is 2.25. The first-order valence-corrected chi connectivity index (χ1v) is 5.55. The Morgan fingerprint density at radius 1 is 1.41 bits per heavy atom. The summed E-state index contributed by atoms with van der Waals surface area (Å²) < 4.78 is 0. The number of pyridine rings is 1. The number of nitrogens with zero attached hydrogens (tertiary/aromatic N) is 1. The molecule has 1 aromatic rings. The number of hydrogen-bond acceptors (Lipinski definition) is 3. The molecule has 2 heterocycles. The molecule has 1 unspecified atom stereocenters. The van der Waals surface area contributed by atoms with Gasteiger partial charge in [0, 0.05) is 18.8 Å². The van der Waals surface area contributed by atoms with Crippen LogP contribution in [0.1, 0.15) is 24.8 Å². The molecule has 1 aliphatic heterocycles. The molecule has 4 heteroatoms. The molecule has 0 aromatic carbocycles. The number of aromatic nitrogens is 1. The van der Waals surface area contributed by atoms with Crippen LogP contribution in [0.25, 0.3) is 0 Å². The largest absolute Gasteiger partial charge is 0.296 e. The van der Waals surface area contributed by atoms with Crippen molar-refractivity contribution in [3.05, 3.63) is 42.7 Å². The molecular formula is C13H14N2O2. The lowest BCUT2D eigenvalue weighted by molar-refractivity contribution is -0.137. The van der Waals surface area contributed by atoms with Gasteiger partial charge in [-0.1, -0.05) is 6.08 Å². The van der Waals surface area contributed by atoms with Crippen molar-refractivity contribution in [3.8, 4) is 0 Å². The van der Waals surface area contributed by atoms with Crippen molar-refractivity contribution in [2.75, 3.05) is 0 Å². The van der Waals surface area contributed by atoms with Crippen LogP contribution in [0.2, 0.25) is 0 Å². The van der Waals surface area contributed by atoms with Gasteiger partial charge >= 0.3 is 0 Å². The van der Waals surface area contributed by atoms with E-state index in [0.29, 0.717) is 19.3 Å². The summed E-state index contributed by atoms with van der Waals surface area (Å²) in [5.74, 6) is -0.441. The normalized spacial score (nSPS) is 24.2. The maximum Gasteiger partial charge on any atom is 0.237 e. The van der Waals surface area contributed by atoms with Crippen LogP contribution in [0.4, 0.5) is 0 Å². The number of nitrogens with one attached hydrogen (secondary N) is 1. The van der Waals surface area contributed by atoms with E-state index in [4.69, 9.17) is 0 Å². The highest BCUT2D eigenvalue weighted by Crippen LogP contribution is 2.35. The maximum absolute atomic E-state index is 12.1. The molecule has 1 N–H and O–H groups in total. The molecule has 0 spiro atoms. The highest BCUT2D eigenvalue weighted by Gasteiger charge is 2.43. The first kappa shape index (κ1) is 11.5. The molecule has 4 nitrogen and oxygen atoms in total. The predicted molar refractivity (Wildman–Crippen MR) is 63.1 cm³/mol. The summed E-state index contributed by atoms with van der Waals surface area (Å²) in [4.78, 5) is 27.3. The van der Waals surface area contributed by atoms with E-state index in [9.17, 15) is 9.59 Å². The van der Waals surface area contributed by atoms with E-state index in [1.165, 1.54) is 0 Å². The lowest BCUT2D eigenvalue weighted by atomic mass is 9.72. The van der Waals surface area contributed by atoms with Gasteiger partial charge in [-0.25, -0.2) is 0 Å². The van der Waals surface area contributed by atoms with Crippen LogP contribution in [0.5, 0.6) is 0 Å². The number of carbonyl (C=O) groups is 2. The molecule has 2 amide bonds. The molecular weight excluding hydrogens is 216 g/mol. The summed E-state index contributed by atoms with van der Waals surface area (Å²) in [5, 5.41) is 2.41. The fraction of sp³-hybridized carbons (Fsp3) is 0.308. The van der Waals surface area contributed by atoms with Crippen molar-refractivity contribution < 1.29 is 9.59 Å². The minimum Gasteiger partial charge on any atom is -0.296 e. The molecule has 0 saturated carbocycles. The van der Waals surface area contributed by atoms with Gasteiger partial charge in [-0.15, -0.1) is 6.58 Å². The van der Waals surface area contributed by atoms with E-state index >= 15 is 0 Å². The second-order valence-electron chi connectivity index (χ2n) is 4.19. The third-order valence-corrected chi connectivity index (χ3v) is 3.19. The molecule has 1 saturated heterocycles. The number of carbonyl (C=O) groups excluding carboxylic acids is 2. The molecule has 0 aliphatic carbocycles. The Kier molecular flexibility index (Phi) is 3.04. The van der Waals surface area contributed by atoms with Crippen molar-refractivity contribution in [2.24, 2.45) is 0 Å². The van der Waals surface area contributed by atoms with Crippen LogP contribution in [-0.2, 0) is 15.0 Å². The number of rotatable bonds is 3. The summed E-state index contributed by atoms with van der Waals surface area (Å²) in [6.07, 6.45) is 6.44. The average molecular weight is 230 g/mol. The third kappa shape index (κ3) is 1.98. The zero-order chi connectivity index (χ0) is 12.3. The monoisotopic (exact) mass is 230 g/mol. The molecule has 1 aliphatic rings. The summed E-state index contributed by atoms with van der Waals surface area (Å²) in [6, 6.07) is 3.64. The van der Waals surface area contributed by atoms with Crippen molar-refractivity contribution in [3.63, 3.8) is 0 Å². The van der Waals surface area contributed by atoms with Crippen molar-refractivity contribution in [2.45, 2.75) is 24.7 Å². The number of piperidine rings is 1. The number of hydrogen-bond donors (Lipinski definition) is 1. The Bertz CT molecular complexity index is 456. The van der Waals surface area contributed by atoms with E-state index < -0.39 is 5.41 Å². The zero-order valence-electron chi connectivity index (χ0n) is 9.48. The first-order valence-electron chi connectivity index (χ1n) is 5.55. The minimum absolute atomic E-state index is 0.205. The van der Waals surface area contributed by atoms with Gasteiger partial charge in [0.1, 0.15) is 0 Å². The smallest absolute Gasteiger partial charge is 0.237 e. The molecule has 1 fully saturated rings. The standard InChI is InChI=1S/C13H14N2O2/c1-2-6-13(10-4-8-14-9-5-10)7-3-11(16)15-12(13)17/h2,4-5,8-9H,1,3,6-7H2,(H,15,16,17). The van der Waals surface area contributed by atoms with Crippen molar-refractivity contribution in [1.82, 2.24) is 10.3 Å². The second-order valence-corrected chi connectivity index (χ2v) is 4.19. The quantitative estimate of drug-likeness (QED) is 0.629. The first-order chi connectivity index (χ1) is 8.19. The van der Waals surface area contributed by atoms with Gasteiger partial charge in [-0.2, -0.15) is 0 Å². The van der Waals surface area contributed by atoms with Crippen LogP contribution in [0.3, 0.4) is 0 Å². The van der Waals surface area contributed by atoms with Crippen LogP contribution >= 0.6 is 0 Å². The lowest BCUT2D eigenvalue weighted by Gasteiger charge is -2.34. The number of allylic oxidation sites excluding steroid dienone is 1. The van der Waals surface area contributed by atoms with E-state index in [1.807, 2.05) is 12.1 Å². The highest BCUT2D eigenvalue weighted by molar-refractivity contribution is 6.03. The highest BCUT2D eigenvalue weighted by atomic mass is 16.2. The Hall–Kier alpha value is -1.97. The molecule has 1 aromatic heterocycles. The maximum atomic E-state index is 12.1. The zero-order valence-corrected chi connectivity index (χ0v) is 9.48. The summed E-state index contributed by atoms with van der Waals surface area (Å²) in [5.41, 5.74) is 0.218. The SMILES string of the molecule is C=CCC1(c2ccncc2)CCC(=O)NC1=O. The molecule has 0 radical (unpaired) electrons. The fourth-order valence-corrected chi connectivity index (χ4v) is 2.25. The molecule has 1 atom stereocenters. The van der Waals surface area contributed by atoms with Crippen LogP contribution < -0.4 is 5.32 Å². The van der Waals surface area contributed by atoms with E-state index in [2.05, 4.69) is 16.9 Å². The topological polar surface area (TPSA) is 59.1 Å². The Morgan fingerprint density at radius 2 is 2.12 bits per heavy atom. The Balaban J connectivity index is 2.42. The van der Waals surface area contributed by atoms with Gasteiger partial charge in [0.2, 0.25) is 11.8 Å². The summed E-state index contributed by atoms with van der Waals surface area (Å²) >= 11 is 0. The lowest BCUT2D eigenvalue weighted by Crippen LogP contribution is -2.51. The van der Waals surface area contributed by atoms with Crippen LogP contribution in [-0.4, -0.2) is 16.8 Å². The number of amides is 2. The summed E-state index contributed by atoms with van der Waals surface area (Å²) in [7, 11) is 0. The Labute approximate surface area is 99.7 Å². The van der Waals surface area contributed by atoms with E-state index in [1.54, 1.807) is 18.5 Å². The molecule has 88 valence electrons.